The van der Waals surface area contributed by atoms with Crippen LogP contribution in [0.3, 0.4) is 0 Å². The maximum absolute atomic E-state index is 10.4. The van der Waals surface area contributed by atoms with Gasteiger partial charge in [0.05, 0.1) is 4.92 Å². The second-order valence-electron chi connectivity index (χ2n) is 2.54. The first kappa shape index (κ1) is 8.45. The van der Waals surface area contributed by atoms with Gasteiger partial charge in [-0.1, -0.05) is 0 Å². The number of anilines is 1. The summed E-state index contributed by atoms with van der Waals surface area (Å²) >= 11 is 0. The Morgan fingerprint density at radius 2 is 2.17 bits per heavy atom. The van der Waals surface area contributed by atoms with Crippen molar-refractivity contribution in [3.05, 3.63) is 27.6 Å². The molecule has 0 spiro atoms. The summed E-state index contributed by atoms with van der Waals surface area (Å²) in [5, 5.41) is 10.4. The van der Waals surface area contributed by atoms with Crippen molar-refractivity contribution in [1.29, 1.82) is 0 Å². The van der Waals surface area contributed by atoms with E-state index in [1.807, 2.05) is 0 Å². The second-order valence-corrected chi connectivity index (χ2v) is 2.54. The van der Waals surface area contributed by atoms with E-state index in [4.69, 9.17) is 5.73 Å². The number of nitrogens with zero attached hydrogens (tertiary/aromatic N) is 2. The highest BCUT2D eigenvalue weighted by Gasteiger charge is 2.16. The van der Waals surface area contributed by atoms with E-state index >= 15 is 0 Å². The standard InChI is InChI=1S/C7H9N3O2/c1-4-3-6(8)7(10(11)12)5(2)9-4/h3H,1-2H3,(H2,8,9). The normalized spacial score (nSPS) is 9.83. The Balaban J connectivity index is 3.38. The number of nitrogen functional groups attached to an aromatic ring is 1. The highest BCUT2D eigenvalue weighted by Crippen LogP contribution is 2.24. The molecule has 0 unspecified atom stereocenters. The lowest BCUT2D eigenvalue weighted by molar-refractivity contribution is -0.384. The number of aromatic nitrogens is 1. The van der Waals surface area contributed by atoms with Crippen LogP contribution in [0.15, 0.2) is 6.07 Å². The van der Waals surface area contributed by atoms with Crippen molar-refractivity contribution < 1.29 is 4.92 Å². The summed E-state index contributed by atoms with van der Waals surface area (Å²) in [6.07, 6.45) is 0. The van der Waals surface area contributed by atoms with Gasteiger partial charge in [-0.25, -0.2) is 0 Å². The minimum Gasteiger partial charge on any atom is -0.393 e. The Labute approximate surface area is 69.4 Å². The highest BCUT2D eigenvalue weighted by atomic mass is 16.6. The number of hydrogen-bond acceptors (Lipinski definition) is 4. The number of hydrogen-bond donors (Lipinski definition) is 1. The van der Waals surface area contributed by atoms with Gasteiger partial charge in [0.1, 0.15) is 11.4 Å². The average molecular weight is 167 g/mol. The number of nitro groups is 1. The molecule has 0 aliphatic carbocycles. The van der Waals surface area contributed by atoms with Gasteiger partial charge in [0.15, 0.2) is 0 Å². The first-order chi connectivity index (χ1) is 5.52. The number of nitrogens with two attached hydrogens (primary N) is 1. The maximum Gasteiger partial charge on any atom is 0.313 e. The monoisotopic (exact) mass is 167 g/mol. The maximum atomic E-state index is 10.4. The van der Waals surface area contributed by atoms with Gasteiger partial charge in [-0.15, -0.1) is 0 Å². The third-order valence-electron chi connectivity index (χ3n) is 1.51. The third kappa shape index (κ3) is 1.34. The summed E-state index contributed by atoms with van der Waals surface area (Å²) in [5.74, 6) is 0. The molecule has 12 heavy (non-hydrogen) atoms. The molecule has 0 bridgehead atoms. The fraction of sp³-hybridized carbons (Fsp3) is 0.286. The summed E-state index contributed by atoms with van der Waals surface area (Å²) in [4.78, 5) is 13.9. The predicted octanol–water partition coefficient (Wildman–Crippen LogP) is 1.19. The molecular formula is C7H9N3O2. The molecular weight excluding hydrogens is 158 g/mol. The zero-order valence-corrected chi connectivity index (χ0v) is 6.87. The first-order valence-corrected chi connectivity index (χ1v) is 3.40. The van der Waals surface area contributed by atoms with Crippen LogP contribution in [0.25, 0.3) is 0 Å². The Morgan fingerprint density at radius 1 is 1.58 bits per heavy atom. The zero-order valence-electron chi connectivity index (χ0n) is 6.87. The SMILES string of the molecule is Cc1cc(N)c([N+](=O)[O-])c(C)n1. The van der Waals surface area contributed by atoms with Crippen molar-refractivity contribution in [3.8, 4) is 0 Å². The molecule has 0 fully saturated rings. The molecule has 1 aromatic heterocycles. The minimum absolute atomic E-state index is 0.0967. The summed E-state index contributed by atoms with van der Waals surface area (Å²) < 4.78 is 0. The van der Waals surface area contributed by atoms with Crippen molar-refractivity contribution in [3.63, 3.8) is 0 Å². The van der Waals surface area contributed by atoms with Gasteiger partial charge in [0.2, 0.25) is 0 Å². The van der Waals surface area contributed by atoms with Crippen molar-refractivity contribution >= 4 is 11.4 Å². The third-order valence-corrected chi connectivity index (χ3v) is 1.51. The van der Waals surface area contributed by atoms with Crippen LogP contribution in [-0.2, 0) is 0 Å². The molecule has 1 aromatic rings. The van der Waals surface area contributed by atoms with E-state index in [2.05, 4.69) is 4.98 Å². The van der Waals surface area contributed by atoms with Crippen LogP contribution in [0, 0.1) is 24.0 Å². The lowest BCUT2D eigenvalue weighted by atomic mass is 10.2. The quantitative estimate of drug-likeness (QED) is 0.503. The molecule has 1 heterocycles. The van der Waals surface area contributed by atoms with Crippen molar-refractivity contribution in [2.24, 2.45) is 0 Å². The molecule has 1 rings (SSSR count). The van der Waals surface area contributed by atoms with Crippen molar-refractivity contribution in [2.75, 3.05) is 5.73 Å². The van der Waals surface area contributed by atoms with Crippen LogP contribution in [0.4, 0.5) is 11.4 Å². The van der Waals surface area contributed by atoms with Crippen molar-refractivity contribution in [1.82, 2.24) is 4.98 Å². The smallest absolute Gasteiger partial charge is 0.313 e. The first-order valence-electron chi connectivity index (χ1n) is 3.40. The predicted molar refractivity (Wildman–Crippen MR) is 44.8 cm³/mol. The molecule has 0 atom stereocenters. The van der Waals surface area contributed by atoms with Gasteiger partial charge in [-0.2, -0.15) is 0 Å². The average Bonchev–Trinajstić information content (AvgIpc) is 1.82. The molecule has 0 amide bonds. The minimum atomic E-state index is -0.517. The molecule has 5 nitrogen and oxygen atoms in total. The van der Waals surface area contributed by atoms with Gasteiger partial charge in [-0.05, 0) is 19.9 Å². The van der Waals surface area contributed by atoms with E-state index in [1.54, 1.807) is 13.8 Å². The van der Waals surface area contributed by atoms with Gasteiger partial charge in [0.25, 0.3) is 0 Å². The van der Waals surface area contributed by atoms with Gasteiger partial charge >= 0.3 is 5.69 Å². The Morgan fingerprint density at radius 3 is 2.58 bits per heavy atom. The fourth-order valence-corrected chi connectivity index (χ4v) is 1.09. The Bertz CT molecular complexity index is 312. The summed E-state index contributed by atoms with van der Waals surface area (Å²) in [6, 6.07) is 1.49. The van der Waals surface area contributed by atoms with Gasteiger partial charge < -0.3 is 5.73 Å². The van der Waals surface area contributed by atoms with E-state index in [-0.39, 0.29) is 11.4 Å². The molecule has 0 aliphatic heterocycles. The largest absolute Gasteiger partial charge is 0.393 e. The molecule has 5 heteroatoms. The Kier molecular flexibility index (Phi) is 1.95. The lowest BCUT2D eigenvalue weighted by Crippen LogP contribution is -2.01. The number of pyridine rings is 1. The molecule has 0 aromatic carbocycles. The summed E-state index contributed by atoms with van der Waals surface area (Å²) in [6.45, 7) is 3.31. The van der Waals surface area contributed by atoms with Crippen LogP contribution in [0.2, 0.25) is 0 Å². The molecule has 0 aliphatic rings. The van der Waals surface area contributed by atoms with Crippen LogP contribution in [-0.4, -0.2) is 9.91 Å². The molecule has 0 saturated heterocycles. The van der Waals surface area contributed by atoms with E-state index in [9.17, 15) is 10.1 Å². The van der Waals surface area contributed by atoms with Crippen LogP contribution in [0.5, 0.6) is 0 Å². The number of rotatable bonds is 1. The molecule has 2 N–H and O–H groups in total. The topological polar surface area (TPSA) is 82.0 Å². The van der Waals surface area contributed by atoms with E-state index in [0.717, 1.165) is 0 Å². The van der Waals surface area contributed by atoms with E-state index in [0.29, 0.717) is 11.4 Å². The van der Waals surface area contributed by atoms with Crippen molar-refractivity contribution in [2.45, 2.75) is 13.8 Å². The lowest BCUT2D eigenvalue weighted by Gasteiger charge is -2.00. The van der Waals surface area contributed by atoms with E-state index < -0.39 is 4.92 Å². The van der Waals surface area contributed by atoms with Gasteiger partial charge in [-0.3, -0.25) is 15.1 Å². The molecule has 64 valence electrons. The number of aryl methyl sites for hydroxylation is 2. The Hall–Kier alpha value is -1.65. The van der Waals surface area contributed by atoms with E-state index in [1.165, 1.54) is 6.07 Å². The molecule has 0 radical (unpaired) electrons. The zero-order chi connectivity index (χ0) is 9.30. The summed E-state index contributed by atoms with van der Waals surface area (Å²) in [7, 11) is 0. The highest BCUT2D eigenvalue weighted by molar-refractivity contribution is 5.60. The van der Waals surface area contributed by atoms with Crippen LogP contribution in [0.1, 0.15) is 11.4 Å². The fourth-order valence-electron chi connectivity index (χ4n) is 1.09. The molecule has 0 saturated carbocycles. The van der Waals surface area contributed by atoms with Gasteiger partial charge in [0, 0.05) is 5.69 Å². The summed E-state index contributed by atoms with van der Waals surface area (Å²) in [5.41, 5.74) is 6.57. The van der Waals surface area contributed by atoms with Crippen LogP contribution < -0.4 is 5.73 Å². The second kappa shape index (κ2) is 2.77. The van der Waals surface area contributed by atoms with Crippen LogP contribution >= 0.6 is 0 Å².